The molecule has 0 saturated heterocycles. The zero-order valence-electron chi connectivity index (χ0n) is 22.8. The molecule has 2 aromatic rings. The second-order valence-electron chi connectivity index (χ2n) is 9.28. The highest BCUT2D eigenvalue weighted by Gasteiger charge is 2.16. The van der Waals surface area contributed by atoms with E-state index in [0.29, 0.717) is 34.8 Å². The summed E-state index contributed by atoms with van der Waals surface area (Å²) in [6.45, 7) is 19.6. The lowest BCUT2D eigenvalue weighted by Crippen LogP contribution is -2.19. The Labute approximate surface area is 215 Å². The molecule has 1 unspecified atom stereocenters. The van der Waals surface area contributed by atoms with E-state index in [-0.39, 0.29) is 17.7 Å². The van der Waals surface area contributed by atoms with Gasteiger partial charge in [-0.2, -0.15) is 0 Å². The van der Waals surface area contributed by atoms with Gasteiger partial charge in [0.1, 0.15) is 17.3 Å². The summed E-state index contributed by atoms with van der Waals surface area (Å²) < 4.78 is 20.4. The van der Waals surface area contributed by atoms with Gasteiger partial charge in [0.25, 0.3) is 0 Å². The lowest BCUT2D eigenvalue weighted by atomic mass is 10.00. The number of ether oxygens (including phenoxy) is 1. The zero-order chi connectivity index (χ0) is 26.8. The van der Waals surface area contributed by atoms with Gasteiger partial charge in [0, 0.05) is 11.5 Å². The number of nitrogens with zero attached hydrogens (tertiary/aromatic N) is 2. The van der Waals surface area contributed by atoms with E-state index in [1.165, 1.54) is 6.07 Å². The highest BCUT2D eigenvalue weighted by Crippen LogP contribution is 2.22. The highest BCUT2D eigenvalue weighted by molar-refractivity contribution is 5.98. The van der Waals surface area contributed by atoms with Gasteiger partial charge >= 0.3 is 0 Å². The molecule has 0 aliphatic heterocycles. The van der Waals surface area contributed by atoms with Gasteiger partial charge in [-0.05, 0) is 80.6 Å². The molecule has 194 valence electrons. The molecule has 2 rings (SSSR count). The monoisotopic (exact) mass is 494 g/mol. The van der Waals surface area contributed by atoms with Crippen molar-refractivity contribution in [2.75, 3.05) is 0 Å². The van der Waals surface area contributed by atoms with Crippen LogP contribution in [0.25, 0.3) is 0 Å². The van der Waals surface area contributed by atoms with Crippen molar-refractivity contribution in [1.82, 2.24) is 0 Å². The fraction of sp³-hybridized carbons (Fsp3) is 0.400. The van der Waals surface area contributed by atoms with Crippen LogP contribution >= 0.6 is 0 Å². The van der Waals surface area contributed by atoms with Gasteiger partial charge in [-0.25, -0.2) is 4.39 Å². The van der Waals surface area contributed by atoms with Crippen molar-refractivity contribution in [2.45, 2.75) is 73.8 Å². The normalized spacial score (nSPS) is 13.7. The molecule has 0 aromatic heterocycles. The Hall–Kier alpha value is -3.41. The molecule has 0 radical (unpaired) electrons. The maximum atomic E-state index is 14.3. The van der Waals surface area contributed by atoms with Crippen molar-refractivity contribution in [3.63, 3.8) is 0 Å². The molecule has 6 heteroatoms. The number of allylic oxidation sites excluding steroid dienone is 2. The Kier molecular flexibility index (Phi) is 10.9. The van der Waals surface area contributed by atoms with Crippen molar-refractivity contribution in [3.8, 4) is 5.75 Å². The Morgan fingerprint density at radius 1 is 0.944 bits per heavy atom. The van der Waals surface area contributed by atoms with Crippen LogP contribution in [0.15, 0.2) is 76.9 Å². The first-order valence-corrected chi connectivity index (χ1v) is 12.4. The number of oxime groups is 2. The van der Waals surface area contributed by atoms with Crippen molar-refractivity contribution >= 4 is 11.4 Å². The molecule has 36 heavy (non-hydrogen) atoms. The standard InChI is InChI=1S/C30H39FN2O3/c1-10-29(20(5)6)36-33-21(7)24-12-15-26(16-13-24)34-30(11-2)23(9)35-32-22(8)25-14-17-27(19(3)4)28(31)18-25/h10,12-20,30H,9,11H2,1-8H3/b29-10-,32-22+,33-21+. The molecular weight excluding hydrogens is 455 g/mol. The van der Waals surface area contributed by atoms with Crippen LogP contribution in [-0.2, 0) is 9.68 Å². The van der Waals surface area contributed by atoms with Gasteiger partial charge in [-0.3, -0.25) is 0 Å². The van der Waals surface area contributed by atoms with E-state index in [9.17, 15) is 4.39 Å². The number of halogens is 1. The van der Waals surface area contributed by atoms with Crippen LogP contribution in [0.4, 0.5) is 4.39 Å². The minimum Gasteiger partial charge on any atom is -0.482 e. The lowest BCUT2D eigenvalue weighted by molar-refractivity contribution is 0.120. The molecule has 0 heterocycles. The van der Waals surface area contributed by atoms with Crippen LogP contribution in [-0.4, -0.2) is 17.5 Å². The maximum Gasteiger partial charge on any atom is 0.168 e. The van der Waals surface area contributed by atoms with Gasteiger partial charge in [0.15, 0.2) is 11.9 Å². The number of hydrogen-bond acceptors (Lipinski definition) is 5. The van der Waals surface area contributed by atoms with E-state index in [1.807, 2.05) is 71.0 Å². The van der Waals surface area contributed by atoms with Crippen LogP contribution in [0.1, 0.15) is 84.4 Å². The number of hydrogen-bond donors (Lipinski definition) is 0. The van der Waals surface area contributed by atoms with Gasteiger partial charge in [-0.1, -0.05) is 63.6 Å². The summed E-state index contributed by atoms with van der Waals surface area (Å²) in [5.74, 6) is 2.01. The molecule has 0 aliphatic rings. The van der Waals surface area contributed by atoms with Crippen LogP contribution in [0.2, 0.25) is 0 Å². The van der Waals surface area contributed by atoms with Crippen molar-refractivity contribution in [1.29, 1.82) is 0 Å². The van der Waals surface area contributed by atoms with Crippen LogP contribution in [0.5, 0.6) is 5.75 Å². The van der Waals surface area contributed by atoms with E-state index in [2.05, 4.69) is 30.7 Å². The second kappa shape index (κ2) is 13.6. The molecule has 0 saturated carbocycles. The Balaban J connectivity index is 2.02. The number of rotatable bonds is 12. The summed E-state index contributed by atoms with van der Waals surface area (Å²) in [6.07, 6.45) is 2.17. The molecule has 0 fully saturated rings. The fourth-order valence-corrected chi connectivity index (χ4v) is 3.44. The van der Waals surface area contributed by atoms with Gasteiger partial charge in [-0.15, -0.1) is 0 Å². The molecule has 2 aromatic carbocycles. The predicted molar refractivity (Wildman–Crippen MR) is 146 cm³/mol. The third-order valence-corrected chi connectivity index (χ3v) is 5.76. The first kappa shape index (κ1) is 28.8. The Bertz CT molecular complexity index is 1120. The molecule has 0 N–H and O–H groups in total. The van der Waals surface area contributed by atoms with Crippen LogP contribution < -0.4 is 4.74 Å². The SMILES string of the molecule is C=C(O/N=C(\C)c1ccc(C(C)C)c(F)c1)C(CC)Oc1ccc(/C(C)=N/O/C(=C\C)C(C)C)cc1. The molecule has 0 amide bonds. The molecule has 0 aliphatic carbocycles. The van der Waals surface area contributed by atoms with Crippen LogP contribution in [0, 0.1) is 11.7 Å². The third kappa shape index (κ3) is 8.08. The minimum absolute atomic E-state index is 0.115. The second-order valence-corrected chi connectivity index (χ2v) is 9.28. The average Bonchev–Trinajstić information content (AvgIpc) is 2.85. The molecule has 5 nitrogen and oxygen atoms in total. The van der Waals surface area contributed by atoms with Gasteiger partial charge < -0.3 is 14.4 Å². The maximum absolute atomic E-state index is 14.3. The van der Waals surface area contributed by atoms with E-state index in [0.717, 1.165) is 17.0 Å². The summed E-state index contributed by atoms with van der Waals surface area (Å²) >= 11 is 0. The van der Waals surface area contributed by atoms with Crippen LogP contribution in [0.3, 0.4) is 0 Å². The zero-order valence-corrected chi connectivity index (χ0v) is 22.8. The molecule has 0 bridgehead atoms. The number of benzene rings is 2. The highest BCUT2D eigenvalue weighted by atomic mass is 19.1. The summed E-state index contributed by atoms with van der Waals surface area (Å²) in [6, 6.07) is 12.7. The topological polar surface area (TPSA) is 52.4 Å². The smallest absolute Gasteiger partial charge is 0.168 e. The van der Waals surface area contributed by atoms with E-state index in [1.54, 1.807) is 13.0 Å². The molecular formula is C30H39FN2O3. The molecule has 0 spiro atoms. The summed E-state index contributed by atoms with van der Waals surface area (Å²) in [5.41, 5.74) is 3.59. The fourth-order valence-electron chi connectivity index (χ4n) is 3.44. The lowest BCUT2D eigenvalue weighted by Gasteiger charge is -2.18. The Morgan fingerprint density at radius 3 is 2.06 bits per heavy atom. The van der Waals surface area contributed by atoms with Gasteiger partial charge in [0.05, 0.1) is 11.4 Å². The predicted octanol–water partition coefficient (Wildman–Crippen LogP) is 8.36. The van der Waals surface area contributed by atoms with Crippen molar-refractivity contribution < 1.29 is 18.8 Å². The third-order valence-electron chi connectivity index (χ3n) is 5.76. The van der Waals surface area contributed by atoms with Gasteiger partial charge in [0.2, 0.25) is 0 Å². The van der Waals surface area contributed by atoms with Crippen molar-refractivity contribution in [2.24, 2.45) is 16.2 Å². The first-order valence-electron chi connectivity index (χ1n) is 12.4. The minimum atomic E-state index is -0.395. The van der Waals surface area contributed by atoms with E-state index < -0.39 is 6.10 Å². The summed E-state index contributed by atoms with van der Waals surface area (Å²) in [5, 5.41) is 8.39. The Morgan fingerprint density at radius 2 is 1.53 bits per heavy atom. The van der Waals surface area contributed by atoms with E-state index >= 15 is 0 Å². The van der Waals surface area contributed by atoms with Crippen molar-refractivity contribution in [3.05, 3.63) is 89.1 Å². The average molecular weight is 495 g/mol. The largest absolute Gasteiger partial charge is 0.482 e. The first-order chi connectivity index (χ1) is 17.1. The summed E-state index contributed by atoms with van der Waals surface area (Å²) in [4.78, 5) is 11.1. The quantitative estimate of drug-likeness (QED) is 0.169. The molecule has 1 atom stereocenters. The van der Waals surface area contributed by atoms with E-state index in [4.69, 9.17) is 14.4 Å². The summed E-state index contributed by atoms with van der Waals surface area (Å²) in [7, 11) is 0.